The monoisotopic (exact) mass is 622 g/mol. The van der Waals surface area contributed by atoms with E-state index in [1.54, 1.807) is 36.4 Å². The molecule has 0 unspecified atom stereocenters. The number of amides is 3. The lowest BCUT2D eigenvalue weighted by atomic mass is 10.1. The van der Waals surface area contributed by atoms with Gasteiger partial charge >= 0.3 is 0 Å². The highest BCUT2D eigenvalue weighted by molar-refractivity contribution is 9.10. The van der Waals surface area contributed by atoms with Crippen LogP contribution in [0.15, 0.2) is 64.0 Å². The Morgan fingerprint density at radius 2 is 1.89 bits per heavy atom. The Kier molecular flexibility index (Phi) is 8.59. The number of aryl methyl sites for hydroxylation is 1. The Morgan fingerprint density at radius 3 is 2.62 bits per heavy atom. The molecule has 0 radical (unpaired) electrons. The van der Waals surface area contributed by atoms with Gasteiger partial charge in [0.15, 0.2) is 6.61 Å². The summed E-state index contributed by atoms with van der Waals surface area (Å²) in [6.07, 6.45) is 1.52. The van der Waals surface area contributed by atoms with Gasteiger partial charge < -0.3 is 10.1 Å². The molecule has 4 rings (SSSR count). The average Bonchev–Trinajstić information content (AvgIpc) is 3.10. The summed E-state index contributed by atoms with van der Waals surface area (Å²) < 4.78 is 19.8. The van der Waals surface area contributed by atoms with Crippen LogP contribution in [0, 0.1) is 12.7 Å². The Balaban J connectivity index is 1.48. The molecule has 1 N–H and O–H groups in total. The third-order valence-corrected chi connectivity index (χ3v) is 7.45. The van der Waals surface area contributed by atoms with Crippen molar-refractivity contribution in [2.75, 3.05) is 11.9 Å². The molecule has 1 saturated heterocycles. The standard InChI is InChI=1S/C26H18BrCl2FN2O4S/c1-14-2-6-19(11-20(14)28)31-24(33)13-36-22-7-4-17(27)8-16(22)9-23-25(34)32(26(35)37-23)12-15-3-5-18(30)10-21(15)29/h2-11H,12-13H2,1H3,(H,31,33)/b23-9-. The van der Waals surface area contributed by atoms with Gasteiger partial charge in [-0.1, -0.05) is 51.3 Å². The van der Waals surface area contributed by atoms with E-state index in [4.69, 9.17) is 27.9 Å². The largest absolute Gasteiger partial charge is 0.483 e. The number of carbonyl (C=O) groups excluding carboxylic acids is 3. The van der Waals surface area contributed by atoms with Crippen molar-refractivity contribution in [3.05, 3.63) is 96.5 Å². The van der Waals surface area contributed by atoms with Crippen molar-refractivity contribution < 1.29 is 23.5 Å². The molecule has 1 aliphatic rings. The highest BCUT2D eigenvalue weighted by Crippen LogP contribution is 2.36. The molecule has 0 aliphatic carbocycles. The predicted octanol–water partition coefficient (Wildman–Crippen LogP) is 7.46. The molecule has 0 aromatic heterocycles. The van der Waals surface area contributed by atoms with Crippen molar-refractivity contribution in [2.45, 2.75) is 13.5 Å². The Hall–Kier alpha value is -2.85. The second kappa shape index (κ2) is 11.7. The molecule has 1 aliphatic heterocycles. The maximum Gasteiger partial charge on any atom is 0.293 e. The first-order valence-electron chi connectivity index (χ1n) is 10.8. The van der Waals surface area contributed by atoms with Crippen LogP contribution in [-0.4, -0.2) is 28.6 Å². The summed E-state index contributed by atoms with van der Waals surface area (Å²) in [6.45, 7) is 1.48. The Labute approximate surface area is 234 Å². The summed E-state index contributed by atoms with van der Waals surface area (Å²) in [5.41, 5.74) is 2.36. The van der Waals surface area contributed by atoms with Crippen molar-refractivity contribution in [2.24, 2.45) is 0 Å². The molecular weight excluding hydrogens is 606 g/mol. The number of nitrogens with zero attached hydrogens (tertiary/aromatic N) is 1. The number of ether oxygens (including phenoxy) is 1. The van der Waals surface area contributed by atoms with Crippen LogP contribution in [0.4, 0.5) is 14.9 Å². The number of carbonyl (C=O) groups is 3. The molecule has 1 fully saturated rings. The average molecular weight is 624 g/mol. The zero-order chi connectivity index (χ0) is 26.7. The fourth-order valence-corrected chi connectivity index (χ4v) is 4.99. The Bertz CT molecular complexity index is 1450. The van der Waals surface area contributed by atoms with Crippen LogP contribution in [0.25, 0.3) is 6.08 Å². The van der Waals surface area contributed by atoms with Gasteiger partial charge in [0.05, 0.1) is 11.4 Å². The first-order valence-corrected chi connectivity index (χ1v) is 13.1. The molecule has 11 heteroatoms. The number of anilines is 1. The first kappa shape index (κ1) is 27.2. The molecule has 0 bridgehead atoms. The highest BCUT2D eigenvalue weighted by Gasteiger charge is 2.35. The molecule has 3 aromatic carbocycles. The van der Waals surface area contributed by atoms with Crippen molar-refractivity contribution in [3.63, 3.8) is 0 Å². The van der Waals surface area contributed by atoms with E-state index in [2.05, 4.69) is 21.2 Å². The van der Waals surface area contributed by atoms with Crippen LogP contribution in [0.5, 0.6) is 5.75 Å². The number of hydrogen-bond acceptors (Lipinski definition) is 5. The van der Waals surface area contributed by atoms with Gasteiger partial charge in [0.2, 0.25) is 0 Å². The molecule has 37 heavy (non-hydrogen) atoms. The quantitative estimate of drug-likeness (QED) is 0.277. The normalized spacial score (nSPS) is 14.4. The van der Waals surface area contributed by atoms with E-state index in [0.717, 1.165) is 28.3 Å². The van der Waals surface area contributed by atoms with Gasteiger partial charge in [-0.2, -0.15) is 0 Å². The first-order chi connectivity index (χ1) is 17.6. The summed E-state index contributed by atoms with van der Waals surface area (Å²) >= 11 is 16.3. The molecule has 1 heterocycles. The number of halogens is 4. The van der Waals surface area contributed by atoms with E-state index in [1.165, 1.54) is 18.2 Å². The lowest BCUT2D eigenvalue weighted by molar-refractivity contribution is -0.123. The number of benzene rings is 3. The number of thioether (sulfide) groups is 1. The Morgan fingerprint density at radius 1 is 1.11 bits per heavy atom. The second-order valence-corrected chi connectivity index (χ2v) is 10.7. The molecule has 0 saturated carbocycles. The van der Waals surface area contributed by atoms with E-state index in [0.29, 0.717) is 32.1 Å². The van der Waals surface area contributed by atoms with E-state index in [9.17, 15) is 18.8 Å². The van der Waals surface area contributed by atoms with Crippen molar-refractivity contribution in [1.82, 2.24) is 4.90 Å². The lowest BCUT2D eigenvalue weighted by Crippen LogP contribution is -2.27. The molecule has 190 valence electrons. The van der Waals surface area contributed by atoms with Crippen molar-refractivity contribution >= 4 is 79.7 Å². The van der Waals surface area contributed by atoms with Gasteiger partial charge in [-0.05, 0) is 78.4 Å². The summed E-state index contributed by atoms with van der Waals surface area (Å²) in [7, 11) is 0. The van der Waals surface area contributed by atoms with Crippen LogP contribution in [0.3, 0.4) is 0 Å². The molecule has 6 nitrogen and oxygen atoms in total. The zero-order valence-corrected chi connectivity index (χ0v) is 23.1. The maximum atomic E-state index is 13.4. The minimum Gasteiger partial charge on any atom is -0.483 e. The van der Waals surface area contributed by atoms with E-state index in [-0.39, 0.29) is 23.1 Å². The fraction of sp³-hybridized carbons (Fsp3) is 0.115. The van der Waals surface area contributed by atoms with Crippen LogP contribution >= 0.6 is 50.9 Å². The summed E-state index contributed by atoms with van der Waals surface area (Å²) in [4.78, 5) is 39.2. The van der Waals surface area contributed by atoms with Gasteiger partial charge in [0, 0.05) is 25.8 Å². The zero-order valence-electron chi connectivity index (χ0n) is 19.2. The topological polar surface area (TPSA) is 75.7 Å². The third-order valence-electron chi connectivity index (χ3n) is 5.29. The number of hydrogen-bond donors (Lipinski definition) is 1. The minimum absolute atomic E-state index is 0.0911. The summed E-state index contributed by atoms with van der Waals surface area (Å²) in [5.74, 6) is -1.09. The van der Waals surface area contributed by atoms with E-state index < -0.39 is 22.9 Å². The fourth-order valence-electron chi connectivity index (χ4n) is 3.37. The number of imide groups is 1. The van der Waals surface area contributed by atoms with Crippen LogP contribution in [-0.2, 0) is 16.1 Å². The van der Waals surface area contributed by atoms with Crippen LogP contribution in [0.1, 0.15) is 16.7 Å². The predicted molar refractivity (Wildman–Crippen MR) is 147 cm³/mol. The maximum absolute atomic E-state index is 13.4. The third kappa shape index (κ3) is 6.73. The second-order valence-electron chi connectivity index (χ2n) is 7.99. The minimum atomic E-state index is -0.518. The SMILES string of the molecule is Cc1ccc(NC(=O)COc2ccc(Br)cc2/C=C2\SC(=O)N(Cc3ccc(F)cc3Cl)C2=O)cc1Cl. The summed E-state index contributed by atoms with van der Waals surface area (Å²) in [6, 6.07) is 14.0. The van der Waals surface area contributed by atoms with Gasteiger partial charge in [-0.15, -0.1) is 0 Å². The van der Waals surface area contributed by atoms with E-state index >= 15 is 0 Å². The van der Waals surface area contributed by atoms with Crippen molar-refractivity contribution in [3.8, 4) is 5.75 Å². The highest BCUT2D eigenvalue weighted by atomic mass is 79.9. The van der Waals surface area contributed by atoms with Gasteiger partial charge in [0.1, 0.15) is 11.6 Å². The molecule has 3 amide bonds. The molecular formula is C26H18BrCl2FN2O4S. The smallest absolute Gasteiger partial charge is 0.293 e. The van der Waals surface area contributed by atoms with Crippen molar-refractivity contribution in [1.29, 1.82) is 0 Å². The number of rotatable bonds is 7. The molecule has 0 spiro atoms. The van der Waals surface area contributed by atoms with Gasteiger partial charge in [-0.3, -0.25) is 19.3 Å². The van der Waals surface area contributed by atoms with Gasteiger partial charge in [0.25, 0.3) is 17.1 Å². The van der Waals surface area contributed by atoms with Gasteiger partial charge in [-0.25, -0.2) is 4.39 Å². The van der Waals surface area contributed by atoms with Crippen LogP contribution < -0.4 is 10.1 Å². The molecule has 0 atom stereocenters. The molecule has 3 aromatic rings. The van der Waals surface area contributed by atoms with Crippen LogP contribution in [0.2, 0.25) is 10.0 Å². The summed E-state index contributed by atoms with van der Waals surface area (Å²) in [5, 5.41) is 2.89. The number of nitrogens with one attached hydrogen (secondary N) is 1. The van der Waals surface area contributed by atoms with E-state index in [1.807, 2.05) is 6.92 Å². The lowest BCUT2D eigenvalue weighted by Gasteiger charge is -2.13.